The molecule has 3 heterocycles. The minimum atomic E-state index is -0.171. The Kier molecular flexibility index (Phi) is 6.12. The number of anilines is 1. The fourth-order valence-electron chi connectivity index (χ4n) is 3.34. The van der Waals surface area contributed by atoms with E-state index in [1.54, 1.807) is 12.4 Å². The van der Waals surface area contributed by atoms with E-state index in [0.29, 0.717) is 24.5 Å². The van der Waals surface area contributed by atoms with Gasteiger partial charge in [-0.05, 0) is 36.6 Å². The van der Waals surface area contributed by atoms with Crippen molar-refractivity contribution < 1.29 is 9.53 Å². The Balaban J connectivity index is 1.54. The molecule has 0 bridgehead atoms. The molecular formula is C23H24N4O2. The van der Waals surface area contributed by atoms with Crippen molar-refractivity contribution in [3.05, 3.63) is 78.1 Å². The Morgan fingerprint density at radius 1 is 1.10 bits per heavy atom. The first kappa shape index (κ1) is 19.1. The smallest absolute Gasteiger partial charge is 0.255 e. The molecule has 1 fully saturated rings. The van der Waals surface area contributed by atoms with Gasteiger partial charge in [0.05, 0.1) is 17.4 Å². The number of carbonyl (C=O) groups is 1. The minimum Gasteiger partial charge on any atom is -0.376 e. The normalized spacial score (nSPS) is 15.8. The van der Waals surface area contributed by atoms with Crippen molar-refractivity contribution in [2.75, 3.05) is 18.5 Å². The van der Waals surface area contributed by atoms with Gasteiger partial charge in [0.15, 0.2) is 0 Å². The van der Waals surface area contributed by atoms with E-state index in [9.17, 15) is 4.79 Å². The molecule has 4 rings (SSSR count). The van der Waals surface area contributed by atoms with Gasteiger partial charge in [-0.3, -0.25) is 9.78 Å². The van der Waals surface area contributed by atoms with Gasteiger partial charge in [0, 0.05) is 37.7 Å². The van der Waals surface area contributed by atoms with Gasteiger partial charge >= 0.3 is 0 Å². The first-order valence-corrected chi connectivity index (χ1v) is 9.88. The van der Waals surface area contributed by atoms with E-state index in [-0.39, 0.29) is 12.0 Å². The second kappa shape index (κ2) is 9.30. The van der Waals surface area contributed by atoms with Crippen LogP contribution < -0.4 is 10.6 Å². The average molecular weight is 388 g/mol. The van der Waals surface area contributed by atoms with Gasteiger partial charge in [-0.1, -0.05) is 36.4 Å². The van der Waals surface area contributed by atoms with E-state index < -0.39 is 0 Å². The van der Waals surface area contributed by atoms with E-state index in [2.05, 4.69) is 15.6 Å². The van der Waals surface area contributed by atoms with Crippen molar-refractivity contribution in [1.29, 1.82) is 0 Å². The molecular weight excluding hydrogens is 364 g/mol. The van der Waals surface area contributed by atoms with Crippen LogP contribution in [0.15, 0.2) is 67.0 Å². The molecule has 1 amide bonds. The molecule has 1 aliphatic rings. The molecule has 29 heavy (non-hydrogen) atoms. The maximum atomic E-state index is 12.8. The zero-order valence-corrected chi connectivity index (χ0v) is 16.2. The quantitative estimate of drug-likeness (QED) is 0.646. The number of aromatic nitrogens is 2. The zero-order valence-electron chi connectivity index (χ0n) is 16.2. The molecule has 0 radical (unpaired) electrons. The summed E-state index contributed by atoms with van der Waals surface area (Å²) in [5.41, 5.74) is 3.30. The molecule has 2 aromatic heterocycles. The van der Waals surface area contributed by atoms with Crippen LogP contribution in [0.25, 0.3) is 11.3 Å². The number of rotatable bonds is 7. The molecule has 1 atom stereocenters. The Bertz CT molecular complexity index is 942. The highest BCUT2D eigenvalue weighted by Gasteiger charge is 2.18. The van der Waals surface area contributed by atoms with Crippen LogP contribution in [-0.2, 0) is 11.3 Å². The summed E-state index contributed by atoms with van der Waals surface area (Å²) in [6.07, 6.45) is 5.71. The monoisotopic (exact) mass is 388 g/mol. The standard InChI is InChI=1S/C23H24N4O2/c28-23(26-15-17-6-4-12-24-14-17)20-10-11-21(18-7-2-1-3-8-18)27-22(20)25-16-19-9-5-13-29-19/h1-4,6-8,10-12,14,19H,5,9,13,15-16H2,(H,25,27)(H,26,28). The van der Waals surface area contributed by atoms with Crippen molar-refractivity contribution in [2.45, 2.75) is 25.5 Å². The number of pyridine rings is 2. The molecule has 2 N–H and O–H groups in total. The second-order valence-electron chi connectivity index (χ2n) is 7.02. The maximum Gasteiger partial charge on any atom is 0.255 e. The highest BCUT2D eigenvalue weighted by molar-refractivity contribution is 5.99. The van der Waals surface area contributed by atoms with Crippen LogP contribution in [0, 0.1) is 0 Å². The van der Waals surface area contributed by atoms with Crippen LogP contribution in [0.4, 0.5) is 5.82 Å². The van der Waals surface area contributed by atoms with Gasteiger partial charge in [0.25, 0.3) is 5.91 Å². The predicted octanol–water partition coefficient (Wildman–Crippen LogP) is 3.66. The van der Waals surface area contributed by atoms with Crippen molar-refractivity contribution >= 4 is 11.7 Å². The maximum absolute atomic E-state index is 12.8. The summed E-state index contributed by atoms with van der Waals surface area (Å²) in [6, 6.07) is 17.4. The summed E-state index contributed by atoms with van der Waals surface area (Å²) in [6.45, 7) is 1.84. The van der Waals surface area contributed by atoms with Crippen molar-refractivity contribution in [2.24, 2.45) is 0 Å². The topological polar surface area (TPSA) is 76.1 Å². The first-order valence-electron chi connectivity index (χ1n) is 9.88. The van der Waals surface area contributed by atoms with Crippen LogP contribution in [0.1, 0.15) is 28.8 Å². The van der Waals surface area contributed by atoms with Crippen molar-refractivity contribution in [1.82, 2.24) is 15.3 Å². The Labute approximate surface area is 170 Å². The molecule has 148 valence electrons. The lowest BCUT2D eigenvalue weighted by Crippen LogP contribution is -2.26. The van der Waals surface area contributed by atoms with E-state index >= 15 is 0 Å². The van der Waals surface area contributed by atoms with Crippen LogP contribution in [0.5, 0.6) is 0 Å². The second-order valence-corrected chi connectivity index (χ2v) is 7.02. The lowest BCUT2D eigenvalue weighted by molar-refractivity contribution is 0.0950. The number of hydrogen-bond acceptors (Lipinski definition) is 5. The lowest BCUT2D eigenvalue weighted by atomic mass is 10.1. The lowest BCUT2D eigenvalue weighted by Gasteiger charge is -2.16. The fraction of sp³-hybridized carbons (Fsp3) is 0.261. The molecule has 1 saturated heterocycles. The summed E-state index contributed by atoms with van der Waals surface area (Å²) in [7, 11) is 0. The van der Waals surface area contributed by atoms with Gasteiger partial charge in [0.1, 0.15) is 5.82 Å². The highest BCUT2D eigenvalue weighted by Crippen LogP contribution is 2.23. The molecule has 1 aromatic carbocycles. The summed E-state index contributed by atoms with van der Waals surface area (Å²) >= 11 is 0. The van der Waals surface area contributed by atoms with Crippen LogP contribution in [-0.4, -0.2) is 35.1 Å². The van der Waals surface area contributed by atoms with Gasteiger partial charge in [0.2, 0.25) is 0 Å². The number of carbonyl (C=O) groups excluding carboxylic acids is 1. The number of nitrogens with zero attached hydrogens (tertiary/aromatic N) is 2. The molecule has 0 saturated carbocycles. The van der Waals surface area contributed by atoms with E-state index in [1.807, 2.05) is 54.6 Å². The summed E-state index contributed by atoms with van der Waals surface area (Å²) in [4.78, 5) is 21.7. The summed E-state index contributed by atoms with van der Waals surface area (Å²) in [5, 5.41) is 6.29. The number of amides is 1. The molecule has 6 heteroatoms. The minimum absolute atomic E-state index is 0.156. The molecule has 1 unspecified atom stereocenters. The van der Waals surface area contributed by atoms with Crippen molar-refractivity contribution in [3.8, 4) is 11.3 Å². The number of hydrogen-bond donors (Lipinski definition) is 2. The predicted molar refractivity (Wildman–Crippen MR) is 113 cm³/mol. The highest BCUT2D eigenvalue weighted by atomic mass is 16.5. The van der Waals surface area contributed by atoms with E-state index in [0.717, 1.165) is 36.3 Å². The third-order valence-corrected chi connectivity index (χ3v) is 4.91. The molecule has 3 aromatic rings. The van der Waals surface area contributed by atoms with Gasteiger partial charge in [-0.15, -0.1) is 0 Å². The van der Waals surface area contributed by atoms with Crippen LogP contribution >= 0.6 is 0 Å². The Hall–Kier alpha value is -3.25. The summed E-state index contributed by atoms with van der Waals surface area (Å²) in [5.74, 6) is 0.404. The number of nitrogens with one attached hydrogen (secondary N) is 2. The largest absolute Gasteiger partial charge is 0.376 e. The van der Waals surface area contributed by atoms with Gasteiger partial charge in [-0.25, -0.2) is 4.98 Å². The van der Waals surface area contributed by atoms with Crippen LogP contribution in [0.2, 0.25) is 0 Å². The third kappa shape index (κ3) is 4.97. The Morgan fingerprint density at radius 2 is 2.00 bits per heavy atom. The Morgan fingerprint density at radius 3 is 2.76 bits per heavy atom. The molecule has 0 spiro atoms. The van der Waals surface area contributed by atoms with Gasteiger partial charge < -0.3 is 15.4 Å². The molecule has 0 aliphatic carbocycles. The molecule has 6 nitrogen and oxygen atoms in total. The van der Waals surface area contributed by atoms with Crippen LogP contribution in [0.3, 0.4) is 0 Å². The SMILES string of the molecule is O=C(NCc1cccnc1)c1ccc(-c2ccccc2)nc1NCC1CCCO1. The van der Waals surface area contributed by atoms with E-state index in [4.69, 9.17) is 9.72 Å². The third-order valence-electron chi connectivity index (χ3n) is 4.91. The fourth-order valence-corrected chi connectivity index (χ4v) is 3.34. The summed E-state index contributed by atoms with van der Waals surface area (Å²) < 4.78 is 5.70. The van der Waals surface area contributed by atoms with Crippen molar-refractivity contribution in [3.63, 3.8) is 0 Å². The zero-order chi connectivity index (χ0) is 19.9. The average Bonchev–Trinajstić information content (AvgIpc) is 3.31. The first-order chi connectivity index (χ1) is 14.3. The van der Waals surface area contributed by atoms with E-state index in [1.165, 1.54) is 0 Å². The molecule has 1 aliphatic heterocycles. The van der Waals surface area contributed by atoms with Gasteiger partial charge in [-0.2, -0.15) is 0 Å². The number of ether oxygens (including phenoxy) is 1. The number of benzene rings is 1.